The Morgan fingerprint density at radius 3 is 2.65 bits per heavy atom. The third kappa shape index (κ3) is 2.36. The maximum Gasteiger partial charge on any atom is 0.222 e. The van der Waals surface area contributed by atoms with E-state index in [0.29, 0.717) is 16.3 Å². The highest BCUT2D eigenvalue weighted by Gasteiger charge is 2.35. The molecule has 1 unspecified atom stereocenters. The van der Waals surface area contributed by atoms with Crippen LogP contribution in [0.5, 0.6) is 0 Å². The summed E-state index contributed by atoms with van der Waals surface area (Å²) in [4.78, 5) is 4.62. The molecule has 0 spiro atoms. The van der Waals surface area contributed by atoms with Gasteiger partial charge in [0.05, 0.1) is 5.69 Å². The molecule has 0 aliphatic carbocycles. The number of aliphatic imine (C=N–C) groups is 1. The normalized spacial score (nSPS) is 20.9. The Bertz CT molecular complexity index is 671. The minimum absolute atomic E-state index is 0.479. The van der Waals surface area contributed by atoms with Crippen LogP contribution in [0.25, 0.3) is 0 Å². The van der Waals surface area contributed by atoms with E-state index >= 15 is 0 Å². The average molecular weight is 351 g/mol. The quantitative estimate of drug-likeness (QED) is 0.694. The first-order chi connectivity index (χ1) is 9.62. The minimum atomic E-state index is -0.479. The van der Waals surface area contributed by atoms with Crippen LogP contribution < -0.4 is 0 Å². The lowest BCUT2D eigenvalue weighted by molar-refractivity contribution is 0.0980. The topological polar surface area (TPSA) is 21.6 Å². The molecule has 0 N–H and O–H groups in total. The molecule has 102 valence electrons. The Balaban J connectivity index is 2.15. The molecular weight excluding hydrogens is 338 g/mol. The summed E-state index contributed by atoms with van der Waals surface area (Å²) in [6.07, 6.45) is 0. The highest BCUT2D eigenvalue weighted by Crippen LogP contribution is 2.40. The molecule has 0 aromatic heterocycles. The fourth-order valence-electron chi connectivity index (χ4n) is 2.23. The van der Waals surface area contributed by atoms with Crippen molar-refractivity contribution in [3.05, 3.63) is 64.7 Å². The van der Waals surface area contributed by atoms with E-state index in [4.69, 9.17) is 16.3 Å². The van der Waals surface area contributed by atoms with Gasteiger partial charge in [-0.25, -0.2) is 4.99 Å². The van der Waals surface area contributed by atoms with Crippen molar-refractivity contribution in [2.45, 2.75) is 12.5 Å². The second-order valence-electron chi connectivity index (χ2n) is 4.91. The van der Waals surface area contributed by atoms with Crippen molar-refractivity contribution < 1.29 is 4.74 Å². The average Bonchev–Trinajstić information content (AvgIpc) is 2.49. The van der Waals surface area contributed by atoms with Crippen molar-refractivity contribution in [1.82, 2.24) is 0 Å². The number of halogens is 2. The second-order valence-corrected chi connectivity index (χ2v) is 5.91. The number of hydrogen-bond donors (Lipinski definition) is 0. The van der Waals surface area contributed by atoms with E-state index in [2.05, 4.69) is 20.9 Å². The lowest BCUT2D eigenvalue weighted by Crippen LogP contribution is -2.34. The van der Waals surface area contributed by atoms with Crippen LogP contribution in [-0.4, -0.2) is 11.2 Å². The van der Waals surface area contributed by atoms with Gasteiger partial charge in [-0.05, 0) is 37.3 Å². The standard InChI is InChI=1S/C16H13BrClNO/c1-16(10-17)13-9-12(18)7-8-14(13)19-15(20-16)11-5-3-2-4-6-11/h2-9H,10H2,1H3. The molecule has 4 heteroatoms. The van der Waals surface area contributed by atoms with Gasteiger partial charge in [0.25, 0.3) is 0 Å². The van der Waals surface area contributed by atoms with E-state index in [9.17, 15) is 0 Å². The monoisotopic (exact) mass is 349 g/mol. The maximum absolute atomic E-state index is 6.14. The molecule has 0 radical (unpaired) electrons. The van der Waals surface area contributed by atoms with Crippen LogP contribution in [0.15, 0.2) is 53.5 Å². The Hall–Kier alpha value is -1.32. The van der Waals surface area contributed by atoms with Gasteiger partial charge in [-0.1, -0.05) is 45.7 Å². The highest BCUT2D eigenvalue weighted by molar-refractivity contribution is 9.09. The van der Waals surface area contributed by atoms with E-state index in [1.165, 1.54) is 0 Å². The van der Waals surface area contributed by atoms with Gasteiger partial charge in [0.15, 0.2) is 0 Å². The SMILES string of the molecule is CC1(CBr)OC(c2ccccc2)=Nc2ccc(Cl)cc21. The fourth-order valence-corrected chi connectivity index (χ4v) is 2.82. The first kappa shape index (κ1) is 13.7. The summed E-state index contributed by atoms with van der Waals surface area (Å²) in [6, 6.07) is 15.6. The predicted molar refractivity (Wildman–Crippen MR) is 86.3 cm³/mol. The molecule has 3 rings (SSSR count). The zero-order valence-electron chi connectivity index (χ0n) is 10.9. The predicted octanol–water partition coefficient (Wildman–Crippen LogP) is 5.06. The second kappa shape index (κ2) is 5.23. The molecule has 1 heterocycles. The molecule has 1 atom stereocenters. The molecule has 0 saturated carbocycles. The van der Waals surface area contributed by atoms with Crippen LogP contribution in [0.3, 0.4) is 0 Å². The molecule has 2 aromatic rings. The van der Waals surface area contributed by atoms with Gasteiger partial charge >= 0.3 is 0 Å². The Labute approximate surface area is 131 Å². The minimum Gasteiger partial charge on any atom is -0.465 e. The van der Waals surface area contributed by atoms with Gasteiger partial charge in [-0.15, -0.1) is 0 Å². The van der Waals surface area contributed by atoms with Gasteiger partial charge in [-0.3, -0.25) is 0 Å². The first-order valence-corrected chi connectivity index (χ1v) is 7.81. The van der Waals surface area contributed by atoms with Crippen LogP contribution in [0.2, 0.25) is 5.02 Å². The van der Waals surface area contributed by atoms with E-state index < -0.39 is 5.60 Å². The summed E-state index contributed by atoms with van der Waals surface area (Å²) >= 11 is 9.63. The zero-order chi connectivity index (χ0) is 14.2. The Kier molecular flexibility index (Phi) is 3.57. The van der Waals surface area contributed by atoms with Gasteiger partial charge < -0.3 is 4.74 Å². The summed E-state index contributed by atoms with van der Waals surface area (Å²) in [7, 11) is 0. The van der Waals surface area contributed by atoms with Crippen molar-refractivity contribution >= 4 is 39.1 Å². The number of nitrogens with zero attached hydrogens (tertiary/aromatic N) is 1. The number of fused-ring (bicyclic) bond motifs is 1. The highest BCUT2D eigenvalue weighted by atomic mass is 79.9. The lowest BCUT2D eigenvalue weighted by Gasteiger charge is -2.34. The van der Waals surface area contributed by atoms with E-state index in [1.807, 2.05) is 55.5 Å². The number of benzene rings is 2. The lowest BCUT2D eigenvalue weighted by atomic mass is 9.94. The van der Waals surface area contributed by atoms with Crippen molar-refractivity contribution in [3.63, 3.8) is 0 Å². The first-order valence-electron chi connectivity index (χ1n) is 6.31. The van der Waals surface area contributed by atoms with Crippen molar-refractivity contribution in [2.75, 3.05) is 5.33 Å². The fraction of sp³-hybridized carbons (Fsp3) is 0.188. The molecule has 0 bridgehead atoms. The van der Waals surface area contributed by atoms with Crippen LogP contribution >= 0.6 is 27.5 Å². The van der Waals surface area contributed by atoms with E-state index in [-0.39, 0.29) is 0 Å². The van der Waals surface area contributed by atoms with Gasteiger partial charge in [0.2, 0.25) is 5.90 Å². The van der Waals surface area contributed by atoms with Crippen molar-refractivity contribution in [2.24, 2.45) is 4.99 Å². The van der Waals surface area contributed by atoms with Crippen molar-refractivity contribution in [1.29, 1.82) is 0 Å². The third-order valence-corrected chi connectivity index (χ3v) is 4.65. The number of ether oxygens (including phenoxy) is 1. The van der Waals surface area contributed by atoms with Crippen LogP contribution in [0, 0.1) is 0 Å². The largest absolute Gasteiger partial charge is 0.465 e. The van der Waals surface area contributed by atoms with Crippen molar-refractivity contribution in [3.8, 4) is 0 Å². The molecule has 0 fully saturated rings. The Morgan fingerprint density at radius 1 is 1.20 bits per heavy atom. The molecular formula is C16H13BrClNO. The number of rotatable bonds is 2. The zero-order valence-corrected chi connectivity index (χ0v) is 13.3. The van der Waals surface area contributed by atoms with E-state index in [1.54, 1.807) is 0 Å². The molecule has 1 aliphatic heterocycles. The van der Waals surface area contributed by atoms with Crippen LogP contribution in [0.4, 0.5) is 5.69 Å². The summed E-state index contributed by atoms with van der Waals surface area (Å²) in [5.41, 5.74) is 2.40. The number of hydrogen-bond acceptors (Lipinski definition) is 2. The molecule has 0 amide bonds. The smallest absolute Gasteiger partial charge is 0.222 e. The molecule has 2 nitrogen and oxygen atoms in total. The number of alkyl halides is 1. The Morgan fingerprint density at radius 2 is 1.95 bits per heavy atom. The maximum atomic E-state index is 6.14. The third-order valence-electron chi connectivity index (χ3n) is 3.35. The molecule has 0 saturated heterocycles. The summed E-state index contributed by atoms with van der Waals surface area (Å²) in [5.74, 6) is 0.641. The summed E-state index contributed by atoms with van der Waals surface area (Å²) < 4.78 is 6.14. The molecule has 1 aliphatic rings. The van der Waals surface area contributed by atoms with Gasteiger partial charge in [0, 0.05) is 21.5 Å². The summed E-state index contributed by atoms with van der Waals surface area (Å²) in [5, 5.41) is 1.36. The van der Waals surface area contributed by atoms with Gasteiger partial charge in [-0.2, -0.15) is 0 Å². The molecule has 20 heavy (non-hydrogen) atoms. The van der Waals surface area contributed by atoms with Crippen LogP contribution in [-0.2, 0) is 10.3 Å². The summed E-state index contributed by atoms with van der Waals surface area (Å²) in [6.45, 7) is 2.04. The van der Waals surface area contributed by atoms with E-state index in [0.717, 1.165) is 16.8 Å². The van der Waals surface area contributed by atoms with Crippen LogP contribution in [0.1, 0.15) is 18.1 Å². The molecule has 2 aromatic carbocycles. The van der Waals surface area contributed by atoms with Gasteiger partial charge in [0.1, 0.15) is 5.60 Å².